The Labute approximate surface area is 223 Å². The molecule has 0 unspecified atom stereocenters. The molecule has 0 atom stereocenters. The minimum Gasteiger partial charge on any atom is -0.338 e. The van der Waals surface area contributed by atoms with Crippen LogP contribution in [0.5, 0.6) is 0 Å². The number of H-pyrrole nitrogens is 2. The number of amides is 1. The number of fused-ring (bicyclic) bond motifs is 2. The molecule has 0 bridgehead atoms. The van der Waals surface area contributed by atoms with Crippen molar-refractivity contribution in [2.24, 2.45) is 5.92 Å². The van der Waals surface area contributed by atoms with E-state index in [4.69, 9.17) is 4.98 Å². The summed E-state index contributed by atoms with van der Waals surface area (Å²) in [5.41, 5.74) is 8.09. The molecule has 5 aromatic heterocycles. The largest absolute Gasteiger partial charge is 0.338 e. The van der Waals surface area contributed by atoms with E-state index in [2.05, 4.69) is 30.5 Å². The van der Waals surface area contributed by atoms with Crippen LogP contribution in [0.1, 0.15) is 25.8 Å². The molecule has 0 radical (unpaired) electrons. The van der Waals surface area contributed by atoms with E-state index in [1.54, 1.807) is 18.6 Å². The summed E-state index contributed by atoms with van der Waals surface area (Å²) in [6.45, 7) is 5.88. The highest BCUT2D eigenvalue weighted by atomic mass is 19.1. The van der Waals surface area contributed by atoms with Gasteiger partial charge in [-0.3, -0.25) is 14.9 Å². The second-order valence-corrected chi connectivity index (χ2v) is 10.1. The van der Waals surface area contributed by atoms with Crippen molar-refractivity contribution in [1.82, 2.24) is 30.1 Å². The van der Waals surface area contributed by atoms with Crippen LogP contribution < -0.4 is 5.32 Å². The first-order valence-electron chi connectivity index (χ1n) is 12.7. The zero-order valence-electron chi connectivity index (χ0n) is 21.7. The van der Waals surface area contributed by atoms with Gasteiger partial charge in [-0.05, 0) is 72.0 Å². The zero-order chi connectivity index (χ0) is 27.1. The maximum absolute atomic E-state index is 14.2. The van der Waals surface area contributed by atoms with Crippen LogP contribution in [0.2, 0.25) is 0 Å². The molecular formula is C30H26FN7O. The van der Waals surface area contributed by atoms with E-state index in [9.17, 15) is 9.18 Å². The number of aryl methyl sites for hydroxylation is 1. The van der Waals surface area contributed by atoms with E-state index in [-0.39, 0.29) is 17.6 Å². The molecular weight excluding hydrogens is 493 g/mol. The Morgan fingerprint density at radius 1 is 1.05 bits per heavy atom. The number of carbonyl (C=O) groups is 1. The predicted molar refractivity (Wildman–Crippen MR) is 150 cm³/mol. The minimum absolute atomic E-state index is 0.0512. The summed E-state index contributed by atoms with van der Waals surface area (Å²) < 4.78 is 14.2. The van der Waals surface area contributed by atoms with Crippen LogP contribution in [-0.2, 0) is 4.79 Å². The Morgan fingerprint density at radius 3 is 2.74 bits per heavy atom. The Hall–Kier alpha value is -4.92. The number of hydrogen-bond acceptors (Lipinski definition) is 5. The van der Waals surface area contributed by atoms with Gasteiger partial charge in [-0.15, -0.1) is 0 Å². The first kappa shape index (κ1) is 24.4. The first-order valence-corrected chi connectivity index (χ1v) is 12.7. The SMILES string of the molecule is Cc1cc(F)cc(-c2ccnc3[nH]c(-c4n[nH]c5ccc(-c6cncc(NC(=O)CC(C)C)c6)nc45)cc23)c1. The van der Waals surface area contributed by atoms with Gasteiger partial charge in [0.1, 0.15) is 22.7 Å². The highest BCUT2D eigenvalue weighted by Crippen LogP contribution is 2.34. The number of carbonyl (C=O) groups excluding carboxylic acids is 1. The number of pyridine rings is 3. The summed E-state index contributed by atoms with van der Waals surface area (Å²) in [7, 11) is 0. The molecule has 3 N–H and O–H groups in total. The van der Waals surface area contributed by atoms with Crippen LogP contribution in [0.4, 0.5) is 10.1 Å². The number of aromatic amines is 2. The maximum Gasteiger partial charge on any atom is 0.224 e. The van der Waals surface area contributed by atoms with E-state index in [0.29, 0.717) is 34.7 Å². The second-order valence-electron chi connectivity index (χ2n) is 10.1. The van der Waals surface area contributed by atoms with E-state index >= 15 is 0 Å². The number of hydrogen-bond donors (Lipinski definition) is 3. The van der Waals surface area contributed by atoms with Crippen molar-refractivity contribution >= 4 is 33.7 Å². The third kappa shape index (κ3) is 4.86. The molecule has 6 rings (SSSR count). The molecule has 1 aromatic carbocycles. The van der Waals surface area contributed by atoms with Gasteiger partial charge in [0.05, 0.1) is 28.8 Å². The molecule has 8 nitrogen and oxygen atoms in total. The van der Waals surface area contributed by atoms with Crippen molar-refractivity contribution in [3.63, 3.8) is 0 Å². The molecule has 0 saturated heterocycles. The Morgan fingerprint density at radius 2 is 1.92 bits per heavy atom. The predicted octanol–water partition coefficient (Wildman–Crippen LogP) is 6.66. The Kier molecular flexibility index (Phi) is 6.11. The van der Waals surface area contributed by atoms with Crippen molar-refractivity contribution in [3.8, 4) is 33.8 Å². The molecule has 194 valence electrons. The third-order valence-corrected chi connectivity index (χ3v) is 6.46. The lowest BCUT2D eigenvalue weighted by atomic mass is 10.0. The Balaban J connectivity index is 1.39. The molecule has 0 aliphatic carbocycles. The van der Waals surface area contributed by atoms with Crippen LogP contribution in [0.3, 0.4) is 0 Å². The molecule has 1 amide bonds. The van der Waals surface area contributed by atoms with E-state index in [1.165, 1.54) is 12.1 Å². The minimum atomic E-state index is -0.279. The molecule has 6 aromatic rings. The van der Waals surface area contributed by atoms with Gasteiger partial charge in [0.15, 0.2) is 0 Å². The number of anilines is 1. The summed E-state index contributed by atoms with van der Waals surface area (Å²) in [5, 5.41) is 11.4. The van der Waals surface area contributed by atoms with Crippen molar-refractivity contribution in [3.05, 3.63) is 78.5 Å². The Bertz CT molecular complexity index is 1830. The molecule has 0 aliphatic rings. The lowest BCUT2D eigenvalue weighted by molar-refractivity contribution is -0.116. The average molecular weight is 520 g/mol. The number of nitrogens with zero attached hydrogens (tertiary/aromatic N) is 4. The van der Waals surface area contributed by atoms with Crippen molar-refractivity contribution in [2.75, 3.05) is 5.32 Å². The van der Waals surface area contributed by atoms with Crippen molar-refractivity contribution < 1.29 is 9.18 Å². The topological polar surface area (TPSA) is 112 Å². The van der Waals surface area contributed by atoms with Crippen LogP contribution in [0.15, 0.2) is 67.1 Å². The number of halogens is 1. The summed E-state index contributed by atoms with van der Waals surface area (Å²) in [6, 6.07) is 14.5. The van der Waals surface area contributed by atoms with Crippen molar-refractivity contribution in [1.29, 1.82) is 0 Å². The fourth-order valence-corrected chi connectivity index (χ4v) is 4.78. The van der Waals surface area contributed by atoms with Crippen LogP contribution in [0, 0.1) is 18.7 Å². The molecule has 0 saturated carbocycles. The molecule has 0 spiro atoms. The van der Waals surface area contributed by atoms with Crippen molar-refractivity contribution in [2.45, 2.75) is 27.2 Å². The van der Waals surface area contributed by atoms with Crippen LogP contribution in [-0.4, -0.2) is 36.0 Å². The van der Waals surface area contributed by atoms with Gasteiger partial charge in [0.2, 0.25) is 5.91 Å². The molecule has 9 heteroatoms. The zero-order valence-corrected chi connectivity index (χ0v) is 21.7. The van der Waals surface area contributed by atoms with Gasteiger partial charge in [-0.1, -0.05) is 19.9 Å². The van der Waals surface area contributed by atoms with Crippen LogP contribution >= 0.6 is 0 Å². The fraction of sp³-hybridized carbons (Fsp3) is 0.167. The quantitative estimate of drug-likeness (QED) is 0.228. The van der Waals surface area contributed by atoms with Gasteiger partial charge < -0.3 is 10.3 Å². The average Bonchev–Trinajstić information content (AvgIpc) is 3.51. The maximum atomic E-state index is 14.2. The van der Waals surface area contributed by atoms with E-state index in [0.717, 1.165) is 38.9 Å². The number of rotatable bonds is 6. The number of aromatic nitrogens is 6. The molecule has 0 aliphatic heterocycles. The summed E-state index contributed by atoms with van der Waals surface area (Å²) in [4.78, 5) is 29.3. The lowest BCUT2D eigenvalue weighted by Gasteiger charge is -2.08. The van der Waals surface area contributed by atoms with Crippen LogP contribution in [0.25, 0.3) is 55.8 Å². The fourth-order valence-electron chi connectivity index (χ4n) is 4.78. The monoisotopic (exact) mass is 519 g/mol. The number of nitrogens with one attached hydrogen (secondary N) is 3. The standard InChI is InChI=1S/C30H26FN7O/c1-16(2)8-27(39)34-21-12-19(14-32-15-21)24-4-5-25-28(35-24)29(38-37-25)26-13-23-22(6-7-33-30(23)36-26)18-9-17(3)10-20(31)11-18/h4-7,9-16H,8H2,1-3H3,(H,33,36)(H,34,39)(H,37,38). The third-order valence-electron chi connectivity index (χ3n) is 6.46. The molecule has 5 heterocycles. The summed E-state index contributed by atoms with van der Waals surface area (Å²) in [6.07, 6.45) is 5.48. The van der Waals surface area contributed by atoms with Gasteiger partial charge in [0.25, 0.3) is 0 Å². The highest BCUT2D eigenvalue weighted by molar-refractivity contribution is 5.99. The second kappa shape index (κ2) is 9.75. The van der Waals surface area contributed by atoms with Gasteiger partial charge in [0, 0.05) is 29.8 Å². The van der Waals surface area contributed by atoms with Gasteiger partial charge in [-0.2, -0.15) is 5.10 Å². The van der Waals surface area contributed by atoms with E-state index < -0.39 is 0 Å². The lowest BCUT2D eigenvalue weighted by Crippen LogP contribution is -2.13. The van der Waals surface area contributed by atoms with Gasteiger partial charge in [-0.25, -0.2) is 14.4 Å². The highest BCUT2D eigenvalue weighted by Gasteiger charge is 2.17. The molecule has 0 fully saturated rings. The van der Waals surface area contributed by atoms with Gasteiger partial charge >= 0.3 is 0 Å². The molecule has 39 heavy (non-hydrogen) atoms. The first-order chi connectivity index (χ1) is 18.8. The summed E-state index contributed by atoms with van der Waals surface area (Å²) in [5.74, 6) is -0.0675. The van der Waals surface area contributed by atoms with E-state index in [1.807, 2.05) is 57.2 Å². The summed E-state index contributed by atoms with van der Waals surface area (Å²) >= 11 is 0. The smallest absolute Gasteiger partial charge is 0.224 e. The number of benzene rings is 1. The normalized spacial score (nSPS) is 11.5.